The van der Waals surface area contributed by atoms with Crippen molar-refractivity contribution in [3.63, 3.8) is 0 Å². The zero-order valence-corrected chi connectivity index (χ0v) is 13.4. The maximum Gasteiger partial charge on any atom is 0.182 e. The second-order valence-corrected chi connectivity index (χ2v) is 5.82. The Morgan fingerprint density at radius 3 is 2.72 bits per heavy atom. The van der Waals surface area contributed by atoms with Crippen molar-refractivity contribution in [3.05, 3.63) is 66.9 Å². The maximum atomic E-state index is 4.67. The molecule has 4 heterocycles. The van der Waals surface area contributed by atoms with Gasteiger partial charge < -0.3 is 0 Å². The smallest absolute Gasteiger partial charge is 0.182 e. The fourth-order valence-corrected chi connectivity index (χ4v) is 2.89. The molecule has 120 valence electrons. The van der Waals surface area contributed by atoms with Gasteiger partial charge in [0.05, 0.1) is 17.3 Å². The number of hydrogen-bond acceptors (Lipinski definition) is 5. The van der Waals surface area contributed by atoms with E-state index in [4.69, 9.17) is 0 Å². The van der Waals surface area contributed by atoms with Gasteiger partial charge in [0, 0.05) is 18.0 Å². The minimum atomic E-state index is 0.639. The summed E-state index contributed by atoms with van der Waals surface area (Å²) in [7, 11) is 0. The average Bonchev–Trinajstić information content (AvgIpc) is 3.26. The lowest BCUT2D eigenvalue weighted by molar-refractivity contribution is 0.881. The van der Waals surface area contributed by atoms with Gasteiger partial charge in [-0.15, -0.1) is 5.10 Å². The monoisotopic (exact) mass is 327 g/mol. The maximum absolute atomic E-state index is 4.67. The molecule has 7 nitrogen and oxygen atoms in total. The van der Waals surface area contributed by atoms with Crippen LogP contribution >= 0.6 is 0 Å². The van der Waals surface area contributed by atoms with Gasteiger partial charge in [0.25, 0.3) is 0 Å². The van der Waals surface area contributed by atoms with Gasteiger partial charge in [0.15, 0.2) is 17.1 Å². The summed E-state index contributed by atoms with van der Waals surface area (Å²) < 4.78 is 3.50. The molecule has 0 atom stereocenters. The second-order valence-electron chi connectivity index (χ2n) is 5.82. The highest BCUT2D eigenvalue weighted by Gasteiger charge is 2.14. The lowest BCUT2D eigenvalue weighted by Gasteiger charge is -2.03. The van der Waals surface area contributed by atoms with Crippen LogP contribution in [0.15, 0.2) is 61.3 Å². The number of nitrogens with zero attached hydrogens (tertiary/aromatic N) is 7. The predicted molar refractivity (Wildman–Crippen MR) is 93.4 cm³/mol. The van der Waals surface area contributed by atoms with Crippen LogP contribution in [-0.4, -0.2) is 34.3 Å². The van der Waals surface area contributed by atoms with Crippen LogP contribution in [0, 0.1) is 6.92 Å². The summed E-state index contributed by atoms with van der Waals surface area (Å²) >= 11 is 0. The quantitative estimate of drug-likeness (QED) is 0.498. The topological polar surface area (TPSA) is 73.8 Å². The van der Waals surface area contributed by atoms with Gasteiger partial charge in [-0.05, 0) is 36.8 Å². The molecule has 0 unspecified atom stereocenters. The first-order valence-electron chi connectivity index (χ1n) is 7.86. The Morgan fingerprint density at radius 1 is 1.00 bits per heavy atom. The Kier molecular flexibility index (Phi) is 2.87. The van der Waals surface area contributed by atoms with E-state index in [1.807, 2.05) is 28.9 Å². The molecule has 0 saturated heterocycles. The third kappa shape index (κ3) is 2.17. The van der Waals surface area contributed by atoms with E-state index in [0.717, 1.165) is 27.9 Å². The van der Waals surface area contributed by atoms with Gasteiger partial charge in [-0.1, -0.05) is 12.1 Å². The molecule has 1 aromatic carbocycles. The van der Waals surface area contributed by atoms with Crippen LogP contribution in [-0.2, 0) is 0 Å². The van der Waals surface area contributed by atoms with Crippen LogP contribution in [0.1, 0.15) is 5.56 Å². The van der Waals surface area contributed by atoms with E-state index >= 15 is 0 Å². The molecule has 0 aliphatic heterocycles. The highest BCUT2D eigenvalue weighted by Crippen LogP contribution is 2.22. The number of aryl methyl sites for hydroxylation is 1. The van der Waals surface area contributed by atoms with Crippen molar-refractivity contribution in [2.45, 2.75) is 6.92 Å². The summed E-state index contributed by atoms with van der Waals surface area (Å²) in [6.07, 6.45) is 6.91. The number of pyridine rings is 1. The zero-order chi connectivity index (χ0) is 16.8. The summed E-state index contributed by atoms with van der Waals surface area (Å²) in [5.74, 6) is 0.639. The largest absolute Gasteiger partial charge is 0.265 e. The van der Waals surface area contributed by atoms with Crippen molar-refractivity contribution in [1.82, 2.24) is 34.3 Å². The van der Waals surface area contributed by atoms with Gasteiger partial charge in [0.2, 0.25) is 0 Å². The molecule has 0 fully saturated rings. The fraction of sp³-hybridized carbons (Fsp3) is 0.0556. The third-order valence-corrected chi connectivity index (χ3v) is 4.09. The molecule has 0 spiro atoms. The Labute approximate surface area is 142 Å². The summed E-state index contributed by atoms with van der Waals surface area (Å²) in [6.45, 7) is 2.06. The van der Waals surface area contributed by atoms with Gasteiger partial charge >= 0.3 is 0 Å². The standard InChI is InChI=1S/C18H13N7/c1-12-3-2-4-14(9-12)25-17-15(10-21-25)18-22-16(23-24(18)11-20-17)13-5-7-19-8-6-13/h2-11H,1H3. The molecule has 5 aromatic rings. The molecule has 0 saturated carbocycles. The highest BCUT2D eigenvalue weighted by atomic mass is 15.3. The van der Waals surface area contributed by atoms with E-state index in [-0.39, 0.29) is 0 Å². The van der Waals surface area contributed by atoms with Crippen LogP contribution in [0.2, 0.25) is 0 Å². The first-order valence-corrected chi connectivity index (χ1v) is 7.86. The number of benzene rings is 1. The van der Waals surface area contributed by atoms with Crippen LogP contribution in [0.3, 0.4) is 0 Å². The van der Waals surface area contributed by atoms with Crippen LogP contribution in [0.5, 0.6) is 0 Å². The summed E-state index contributed by atoms with van der Waals surface area (Å²) in [4.78, 5) is 13.2. The van der Waals surface area contributed by atoms with Crippen molar-refractivity contribution in [2.24, 2.45) is 0 Å². The van der Waals surface area contributed by atoms with Crippen LogP contribution in [0.4, 0.5) is 0 Å². The number of fused-ring (bicyclic) bond motifs is 3. The number of aromatic nitrogens is 7. The molecule has 0 radical (unpaired) electrons. The Hall–Kier alpha value is -3.61. The molecule has 5 rings (SSSR count). The SMILES string of the molecule is Cc1cccc(-n2ncc3c2ncn2nc(-c4ccncc4)nc32)c1. The minimum Gasteiger partial charge on any atom is -0.265 e. The first-order chi connectivity index (χ1) is 12.3. The second kappa shape index (κ2) is 5.20. The molecule has 0 aliphatic rings. The highest BCUT2D eigenvalue weighted by molar-refractivity contribution is 5.89. The van der Waals surface area contributed by atoms with E-state index in [9.17, 15) is 0 Å². The molecule has 0 bridgehead atoms. The molecule has 0 amide bonds. The van der Waals surface area contributed by atoms with Crippen molar-refractivity contribution < 1.29 is 0 Å². The Balaban J connectivity index is 1.73. The molecule has 25 heavy (non-hydrogen) atoms. The lowest BCUT2D eigenvalue weighted by atomic mass is 10.2. The van der Waals surface area contributed by atoms with Gasteiger partial charge in [-0.2, -0.15) is 5.10 Å². The number of hydrogen-bond donors (Lipinski definition) is 0. The Bertz CT molecular complexity index is 1200. The summed E-state index contributed by atoms with van der Waals surface area (Å²) in [5, 5.41) is 9.87. The van der Waals surface area contributed by atoms with Crippen molar-refractivity contribution >= 4 is 16.7 Å². The van der Waals surface area contributed by atoms with E-state index in [2.05, 4.69) is 44.2 Å². The summed E-state index contributed by atoms with van der Waals surface area (Å²) in [6, 6.07) is 11.9. The first kappa shape index (κ1) is 13.8. The molecular weight excluding hydrogens is 314 g/mol. The van der Waals surface area contributed by atoms with Crippen molar-refractivity contribution in [2.75, 3.05) is 0 Å². The normalized spacial score (nSPS) is 11.4. The van der Waals surface area contributed by atoms with E-state index in [1.54, 1.807) is 29.4 Å². The lowest BCUT2D eigenvalue weighted by Crippen LogP contribution is -1.99. The fourth-order valence-electron chi connectivity index (χ4n) is 2.89. The van der Waals surface area contributed by atoms with E-state index < -0.39 is 0 Å². The molecule has 7 heteroatoms. The van der Waals surface area contributed by atoms with Crippen LogP contribution in [0.25, 0.3) is 33.8 Å². The van der Waals surface area contributed by atoms with Gasteiger partial charge in [-0.3, -0.25) is 4.98 Å². The van der Waals surface area contributed by atoms with Gasteiger partial charge in [-0.25, -0.2) is 19.2 Å². The van der Waals surface area contributed by atoms with E-state index in [0.29, 0.717) is 5.82 Å². The third-order valence-electron chi connectivity index (χ3n) is 4.09. The average molecular weight is 327 g/mol. The van der Waals surface area contributed by atoms with Crippen LogP contribution < -0.4 is 0 Å². The molecular formula is C18H13N7. The zero-order valence-electron chi connectivity index (χ0n) is 13.4. The predicted octanol–water partition coefficient (Wildman–Crippen LogP) is 2.83. The summed E-state index contributed by atoms with van der Waals surface area (Å²) in [5.41, 5.74) is 4.55. The molecule has 4 aromatic heterocycles. The van der Waals surface area contributed by atoms with Crippen molar-refractivity contribution in [1.29, 1.82) is 0 Å². The molecule has 0 N–H and O–H groups in total. The van der Waals surface area contributed by atoms with E-state index in [1.165, 1.54) is 5.56 Å². The van der Waals surface area contributed by atoms with Gasteiger partial charge in [0.1, 0.15) is 6.33 Å². The van der Waals surface area contributed by atoms with Crippen molar-refractivity contribution in [3.8, 4) is 17.1 Å². The Morgan fingerprint density at radius 2 is 1.88 bits per heavy atom. The minimum absolute atomic E-state index is 0.639. The molecule has 0 aliphatic carbocycles. The number of rotatable bonds is 2.